The molecule has 0 aliphatic carbocycles. The van der Waals surface area contributed by atoms with Gasteiger partial charge in [0.1, 0.15) is 0 Å². The lowest BCUT2D eigenvalue weighted by Crippen LogP contribution is -2.25. The van der Waals surface area contributed by atoms with Crippen molar-refractivity contribution in [3.8, 4) is 0 Å². The minimum absolute atomic E-state index is 0.523. The summed E-state index contributed by atoms with van der Waals surface area (Å²) in [4.78, 5) is 20.1. The molecule has 0 aromatic carbocycles. The summed E-state index contributed by atoms with van der Waals surface area (Å²) >= 11 is 0. The highest BCUT2D eigenvalue weighted by Gasteiger charge is 2.00. The van der Waals surface area contributed by atoms with Gasteiger partial charge in [-0.2, -0.15) is 0 Å². The van der Waals surface area contributed by atoms with E-state index in [0.29, 0.717) is 0 Å². The first-order valence-electron chi connectivity index (χ1n) is 1.96. The first kappa shape index (κ1) is 6.75. The lowest BCUT2D eigenvalue weighted by Gasteiger charge is -1.84. The number of carbonyl (C=O) groups excluding carboxylic acids is 2. The zero-order valence-corrected chi connectivity index (χ0v) is 4.31. The van der Waals surface area contributed by atoms with Crippen LogP contribution < -0.4 is 5.32 Å². The van der Waals surface area contributed by atoms with Crippen molar-refractivity contribution in [2.45, 2.75) is 0 Å². The van der Waals surface area contributed by atoms with Gasteiger partial charge in [0.25, 0.3) is 5.91 Å². The maximum Gasteiger partial charge on any atom is 0.406 e. The Bertz CT molecular complexity index is 128. The molecule has 3 heteroatoms. The van der Waals surface area contributed by atoms with E-state index in [1.165, 1.54) is 0 Å². The molecule has 0 aromatic rings. The SMILES string of the molecule is C=CC(=O)NC([CH2+])=O. The minimum atomic E-state index is -0.616. The second kappa shape index (κ2) is 2.85. The molecular formula is C5H6NO2+. The summed E-state index contributed by atoms with van der Waals surface area (Å²) in [7, 11) is 0. The molecule has 3 nitrogen and oxygen atoms in total. The van der Waals surface area contributed by atoms with Crippen LogP contribution in [0.1, 0.15) is 0 Å². The van der Waals surface area contributed by atoms with E-state index < -0.39 is 11.8 Å². The first-order chi connectivity index (χ1) is 3.66. The highest BCUT2D eigenvalue weighted by atomic mass is 16.2. The lowest BCUT2D eigenvalue weighted by atomic mass is 10.5. The number of carbonyl (C=O) groups is 2. The minimum Gasteiger partial charge on any atom is -0.269 e. The van der Waals surface area contributed by atoms with Gasteiger partial charge >= 0.3 is 5.91 Å². The molecule has 0 heterocycles. The zero-order chi connectivity index (χ0) is 6.57. The largest absolute Gasteiger partial charge is 0.406 e. The molecule has 0 aliphatic heterocycles. The van der Waals surface area contributed by atoms with E-state index in [1.807, 2.05) is 5.32 Å². The Labute approximate surface area is 47.4 Å². The van der Waals surface area contributed by atoms with Gasteiger partial charge in [0.05, 0.1) is 0 Å². The van der Waals surface area contributed by atoms with Crippen LogP contribution in [0.15, 0.2) is 12.7 Å². The fourth-order valence-electron chi connectivity index (χ4n) is 0.188. The van der Waals surface area contributed by atoms with Crippen molar-refractivity contribution >= 4 is 11.8 Å². The Morgan fingerprint density at radius 1 is 1.62 bits per heavy atom. The van der Waals surface area contributed by atoms with Gasteiger partial charge in [0.2, 0.25) is 0 Å². The Balaban J connectivity index is 3.55. The van der Waals surface area contributed by atoms with Crippen molar-refractivity contribution in [1.29, 1.82) is 0 Å². The average molecular weight is 112 g/mol. The van der Waals surface area contributed by atoms with Crippen LogP contribution in [-0.4, -0.2) is 11.8 Å². The van der Waals surface area contributed by atoms with E-state index in [9.17, 15) is 9.59 Å². The second-order valence-electron chi connectivity index (χ2n) is 1.12. The summed E-state index contributed by atoms with van der Waals surface area (Å²) < 4.78 is 0. The maximum absolute atomic E-state index is 10.1. The summed E-state index contributed by atoms with van der Waals surface area (Å²) in [5.41, 5.74) is 0. The molecule has 0 saturated carbocycles. The summed E-state index contributed by atoms with van der Waals surface area (Å²) in [5, 5.41) is 1.89. The molecule has 2 amide bonds. The average Bonchev–Trinajstić information content (AvgIpc) is 1.65. The van der Waals surface area contributed by atoms with Crippen LogP contribution in [0.5, 0.6) is 0 Å². The molecule has 42 valence electrons. The first-order valence-corrected chi connectivity index (χ1v) is 1.96. The molecule has 0 fully saturated rings. The standard InChI is InChI=1S/C5H5NO2/c1-3-5(8)6-4(2)7/h3H,1-2H2/p+1. The molecule has 1 N–H and O–H groups in total. The molecule has 0 rings (SSSR count). The second-order valence-corrected chi connectivity index (χ2v) is 1.12. The molecule has 0 aromatic heterocycles. The van der Waals surface area contributed by atoms with Gasteiger partial charge in [-0.05, 0) is 6.08 Å². The van der Waals surface area contributed by atoms with E-state index in [-0.39, 0.29) is 0 Å². The normalized spacial score (nSPS) is 7.50. The Hall–Kier alpha value is -1.25. The van der Waals surface area contributed by atoms with Crippen LogP contribution >= 0.6 is 0 Å². The van der Waals surface area contributed by atoms with Crippen molar-refractivity contribution in [3.63, 3.8) is 0 Å². The van der Waals surface area contributed by atoms with Crippen LogP contribution in [0.3, 0.4) is 0 Å². The fourth-order valence-corrected chi connectivity index (χ4v) is 0.188. The van der Waals surface area contributed by atoms with E-state index in [4.69, 9.17) is 0 Å². The summed E-state index contributed by atoms with van der Waals surface area (Å²) in [6.45, 7) is 6.03. The fraction of sp³-hybridized carbons (Fsp3) is 0. The summed E-state index contributed by atoms with van der Waals surface area (Å²) in [6.07, 6.45) is 1.00. The predicted octanol–water partition coefficient (Wildman–Crippen LogP) is -0.351. The van der Waals surface area contributed by atoms with Gasteiger partial charge in [0, 0.05) is 0 Å². The third kappa shape index (κ3) is 2.96. The third-order valence-corrected chi connectivity index (χ3v) is 0.448. The Morgan fingerprint density at radius 3 is 2.25 bits per heavy atom. The molecule has 0 saturated heterocycles. The zero-order valence-electron chi connectivity index (χ0n) is 4.31. The molecule has 0 atom stereocenters. The van der Waals surface area contributed by atoms with Gasteiger partial charge in [0.15, 0.2) is 6.92 Å². The van der Waals surface area contributed by atoms with Crippen LogP contribution in [0.2, 0.25) is 0 Å². The number of nitrogens with one attached hydrogen (secondary N) is 1. The lowest BCUT2D eigenvalue weighted by molar-refractivity contribution is -0.125. The molecule has 0 aliphatic rings. The van der Waals surface area contributed by atoms with Gasteiger partial charge in [-0.1, -0.05) is 6.58 Å². The van der Waals surface area contributed by atoms with Crippen LogP contribution in [-0.2, 0) is 9.59 Å². The van der Waals surface area contributed by atoms with Crippen molar-refractivity contribution in [2.75, 3.05) is 0 Å². The van der Waals surface area contributed by atoms with Crippen LogP contribution in [0, 0.1) is 6.92 Å². The summed E-state index contributed by atoms with van der Waals surface area (Å²) in [6, 6.07) is 0. The van der Waals surface area contributed by atoms with Crippen molar-refractivity contribution in [2.24, 2.45) is 0 Å². The highest BCUT2D eigenvalue weighted by molar-refractivity contribution is 6.01. The number of amides is 2. The predicted molar refractivity (Wildman–Crippen MR) is 28.7 cm³/mol. The quantitative estimate of drug-likeness (QED) is 0.372. The van der Waals surface area contributed by atoms with Crippen LogP contribution in [0.25, 0.3) is 0 Å². The van der Waals surface area contributed by atoms with Gasteiger partial charge in [-0.25, -0.2) is 4.79 Å². The molecule has 0 spiro atoms. The topological polar surface area (TPSA) is 46.2 Å². The Morgan fingerprint density at radius 2 is 2.12 bits per heavy atom. The van der Waals surface area contributed by atoms with Gasteiger partial charge in [-0.15, -0.1) is 0 Å². The van der Waals surface area contributed by atoms with E-state index >= 15 is 0 Å². The molecule has 0 radical (unpaired) electrons. The summed E-state index contributed by atoms with van der Waals surface area (Å²) in [5.74, 6) is -1.14. The maximum atomic E-state index is 10.1. The highest BCUT2D eigenvalue weighted by Crippen LogP contribution is 1.64. The number of hydrogen-bond acceptors (Lipinski definition) is 2. The van der Waals surface area contributed by atoms with Gasteiger partial charge in [-0.3, -0.25) is 10.1 Å². The smallest absolute Gasteiger partial charge is 0.269 e. The van der Waals surface area contributed by atoms with Crippen LogP contribution in [0.4, 0.5) is 0 Å². The molecule has 0 bridgehead atoms. The van der Waals surface area contributed by atoms with E-state index in [2.05, 4.69) is 13.5 Å². The van der Waals surface area contributed by atoms with Crippen molar-refractivity contribution in [1.82, 2.24) is 5.32 Å². The molecular weight excluding hydrogens is 106 g/mol. The molecule has 0 unspecified atom stereocenters. The van der Waals surface area contributed by atoms with Crippen molar-refractivity contribution in [3.05, 3.63) is 19.6 Å². The van der Waals surface area contributed by atoms with Gasteiger partial charge < -0.3 is 0 Å². The number of hydrogen-bond donors (Lipinski definition) is 1. The number of rotatable bonds is 1. The van der Waals surface area contributed by atoms with E-state index in [1.54, 1.807) is 0 Å². The molecule has 8 heavy (non-hydrogen) atoms. The van der Waals surface area contributed by atoms with E-state index in [0.717, 1.165) is 6.08 Å². The third-order valence-electron chi connectivity index (χ3n) is 0.448. The monoisotopic (exact) mass is 112 g/mol. The van der Waals surface area contributed by atoms with Crippen molar-refractivity contribution < 1.29 is 9.59 Å². The number of imide groups is 1. The Kier molecular flexibility index (Phi) is 2.40.